The van der Waals surface area contributed by atoms with E-state index in [4.69, 9.17) is 5.11 Å². The maximum atomic E-state index is 9.59. The highest BCUT2D eigenvalue weighted by Crippen LogP contribution is 2.28. The molecule has 0 unspecified atom stereocenters. The van der Waals surface area contributed by atoms with E-state index in [2.05, 4.69) is 14.9 Å². The van der Waals surface area contributed by atoms with Crippen LogP contribution in [0.1, 0.15) is 18.5 Å². The van der Waals surface area contributed by atoms with E-state index in [0.29, 0.717) is 24.4 Å². The first kappa shape index (κ1) is 8.46. The first-order valence-corrected chi connectivity index (χ1v) is 4.14. The largest absolute Gasteiger partial charge is 0.393 e. The molecule has 0 radical (unpaired) electrons. The lowest BCUT2D eigenvalue weighted by molar-refractivity contribution is 0.0362. The summed E-state index contributed by atoms with van der Waals surface area (Å²) in [7, 11) is 0. The van der Waals surface area contributed by atoms with E-state index in [1.54, 1.807) is 6.92 Å². The average Bonchev–Trinajstić information content (AvgIpc) is 2.44. The highest BCUT2D eigenvalue weighted by Gasteiger charge is 2.34. The van der Waals surface area contributed by atoms with Crippen molar-refractivity contribution in [3.8, 4) is 0 Å². The predicted octanol–water partition coefficient (Wildman–Crippen LogP) is 0.0969. The Labute approximate surface area is 74.7 Å². The number of aryl methyl sites for hydroxylation is 1. The summed E-state index contributed by atoms with van der Waals surface area (Å²) in [5.74, 6) is 0.330. The SMILES string of the molecule is Cc1nonc1N(O)C1CC(O)C1. The summed E-state index contributed by atoms with van der Waals surface area (Å²) in [5, 5.41) is 26.7. The summed E-state index contributed by atoms with van der Waals surface area (Å²) in [6.07, 6.45) is 0.811. The molecule has 0 spiro atoms. The first-order chi connectivity index (χ1) is 6.18. The Bertz CT molecular complexity index is 295. The monoisotopic (exact) mass is 185 g/mol. The second-order valence-corrected chi connectivity index (χ2v) is 3.30. The van der Waals surface area contributed by atoms with Crippen molar-refractivity contribution < 1.29 is 14.9 Å². The standard InChI is InChI=1S/C7H11N3O3/c1-4-7(9-13-8-4)10(12)5-2-6(11)3-5/h5-6,11-12H,2-3H2,1H3. The van der Waals surface area contributed by atoms with Crippen molar-refractivity contribution in [3.63, 3.8) is 0 Å². The van der Waals surface area contributed by atoms with Crippen molar-refractivity contribution in [1.82, 2.24) is 10.3 Å². The smallest absolute Gasteiger partial charge is 0.220 e. The lowest BCUT2D eigenvalue weighted by atomic mass is 9.89. The Hall–Kier alpha value is -1.14. The van der Waals surface area contributed by atoms with Crippen LogP contribution < -0.4 is 5.06 Å². The molecule has 2 N–H and O–H groups in total. The normalized spacial score (nSPS) is 27.0. The van der Waals surface area contributed by atoms with Gasteiger partial charge in [0.15, 0.2) is 0 Å². The van der Waals surface area contributed by atoms with E-state index < -0.39 is 0 Å². The van der Waals surface area contributed by atoms with Gasteiger partial charge in [0.2, 0.25) is 5.82 Å². The van der Waals surface area contributed by atoms with E-state index >= 15 is 0 Å². The van der Waals surface area contributed by atoms with Crippen LogP contribution in [0.5, 0.6) is 0 Å². The molecule has 1 fully saturated rings. The molecular formula is C7H11N3O3. The average molecular weight is 185 g/mol. The third-order valence-corrected chi connectivity index (χ3v) is 2.28. The Balaban J connectivity index is 2.05. The van der Waals surface area contributed by atoms with Crippen LogP contribution in [0.15, 0.2) is 4.63 Å². The Morgan fingerprint density at radius 1 is 1.46 bits per heavy atom. The van der Waals surface area contributed by atoms with Crippen LogP contribution in [0.4, 0.5) is 5.82 Å². The molecule has 1 aromatic rings. The molecule has 0 atom stereocenters. The molecule has 2 rings (SSSR count). The van der Waals surface area contributed by atoms with E-state index in [1.165, 1.54) is 0 Å². The van der Waals surface area contributed by atoms with E-state index in [9.17, 15) is 5.21 Å². The molecule has 1 saturated carbocycles. The number of hydrogen-bond acceptors (Lipinski definition) is 6. The van der Waals surface area contributed by atoms with Gasteiger partial charge in [0, 0.05) is 0 Å². The molecule has 0 aromatic carbocycles. The van der Waals surface area contributed by atoms with Crippen LogP contribution in [0.3, 0.4) is 0 Å². The van der Waals surface area contributed by atoms with Gasteiger partial charge in [-0.05, 0) is 24.9 Å². The molecule has 1 aliphatic rings. The molecule has 6 nitrogen and oxygen atoms in total. The Morgan fingerprint density at radius 3 is 2.62 bits per heavy atom. The van der Waals surface area contributed by atoms with Crippen molar-refractivity contribution >= 4 is 5.82 Å². The number of anilines is 1. The molecule has 0 bridgehead atoms. The van der Waals surface area contributed by atoms with Crippen LogP contribution in [0.2, 0.25) is 0 Å². The quantitative estimate of drug-likeness (QED) is 0.636. The summed E-state index contributed by atoms with van der Waals surface area (Å²) in [4.78, 5) is 0. The van der Waals surface area contributed by atoms with E-state index in [1.807, 2.05) is 0 Å². The van der Waals surface area contributed by atoms with Crippen molar-refractivity contribution in [3.05, 3.63) is 5.69 Å². The highest BCUT2D eigenvalue weighted by molar-refractivity contribution is 5.39. The lowest BCUT2D eigenvalue weighted by Crippen LogP contribution is -2.46. The topological polar surface area (TPSA) is 82.6 Å². The van der Waals surface area contributed by atoms with Gasteiger partial charge in [-0.1, -0.05) is 5.16 Å². The first-order valence-electron chi connectivity index (χ1n) is 4.14. The van der Waals surface area contributed by atoms with Gasteiger partial charge in [0.25, 0.3) is 0 Å². The van der Waals surface area contributed by atoms with E-state index in [0.717, 1.165) is 5.06 Å². The summed E-state index contributed by atoms with van der Waals surface area (Å²) >= 11 is 0. The fourth-order valence-electron chi connectivity index (χ4n) is 1.37. The predicted molar refractivity (Wildman–Crippen MR) is 42.3 cm³/mol. The van der Waals surface area contributed by atoms with Crippen LogP contribution in [0.25, 0.3) is 0 Å². The van der Waals surface area contributed by atoms with E-state index in [-0.39, 0.29) is 12.1 Å². The highest BCUT2D eigenvalue weighted by atomic mass is 16.6. The van der Waals surface area contributed by atoms with Crippen molar-refractivity contribution in [2.75, 3.05) is 5.06 Å². The minimum absolute atomic E-state index is 0.0689. The van der Waals surface area contributed by atoms with Gasteiger partial charge in [-0.15, -0.1) is 0 Å². The van der Waals surface area contributed by atoms with Crippen LogP contribution in [0, 0.1) is 6.92 Å². The van der Waals surface area contributed by atoms with Gasteiger partial charge in [0.05, 0.1) is 12.1 Å². The molecule has 13 heavy (non-hydrogen) atoms. The van der Waals surface area contributed by atoms with Crippen LogP contribution in [-0.2, 0) is 0 Å². The zero-order chi connectivity index (χ0) is 9.42. The lowest BCUT2D eigenvalue weighted by Gasteiger charge is -2.36. The van der Waals surface area contributed by atoms with Crippen molar-refractivity contribution in [2.24, 2.45) is 0 Å². The van der Waals surface area contributed by atoms with Crippen LogP contribution in [-0.4, -0.2) is 32.8 Å². The minimum Gasteiger partial charge on any atom is -0.393 e. The number of hydrogen-bond donors (Lipinski definition) is 2. The number of aliphatic hydroxyl groups excluding tert-OH is 1. The number of hydroxylamine groups is 1. The number of rotatable bonds is 2. The maximum Gasteiger partial charge on any atom is 0.220 e. The summed E-state index contributed by atoms with van der Waals surface area (Å²) in [5.41, 5.74) is 0.545. The number of aromatic nitrogens is 2. The molecule has 1 aliphatic carbocycles. The van der Waals surface area contributed by atoms with Gasteiger partial charge in [-0.25, -0.2) is 9.69 Å². The fraction of sp³-hybridized carbons (Fsp3) is 0.714. The van der Waals surface area contributed by atoms with Gasteiger partial charge in [0.1, 0.15) is 5.69 Å². The van der Waals surface area contributed by atoms with Gasteiger partial charge < -0.3 is 5.11 Å². The number of aliphatic hydroxyl groups is 1. The zero-order valence-corrected chi connectivity index (χ0v) is 7.21. The Kier molecular flexibility index (Phi) is 1.93. The number of nitrogens with zero attached hydrogens (tertiary/aromatic N) is 3. The molecule has 0 aliphatic heterocycles. The molecule has 1 heterocycles. The van der Waals surface area contributed by atoms with Gasteiger partial charge in [-0.3, -0.25) is 5.21 Å². The molecule has 72 valence electrons. The van der Waals surface area contributed by atoms with Crippen molar-refractivity contribution in [1.29, 1.82) is 0 Å². The minimum atomic E-state index is -0.306. The van der Waals surface area contributed by atoms with Gasteiger partial charge >= 0.3 is 0 Å². The summed E-state index contributed by atoms with van der Waals surface area (Å²) < 4.78 is 4.45. The third-order valence-electron chi connectivity index (χ3n) is 2.28. The molecule has 0 amide bonds. The second-order valence-electron chi connectivity index (χ2n) is 3.30. The zero-order valence-electron chi connectivity index (χ0n) is 7.21. The third kappa shape index (κ3) is 1.38. The molecule has 6 heteroatoms. The fourth-order valence-corrected chi connectivity index (χ4v) is 1.37. The molecular weight excluding hydrogens is 174 g/mol. The molecule has 1 aromatic heterocycles. The van der Waals surface area contributed by atoms with Crippen molar-refractivity contribution in [2.45, 2.75) is 31.9 Å². The van der Waals surface area contributed by atoms with Gasteiger partial charge in [-0.2, -0.15) is 0 Å². The summed E-state index contributed by atoms with van der Waals surface area (Å²) in [6, 6.07) is -0.0689. The molecule has 0 saturated heterocycles. The summed E-state index contributed by atoms with van der Waals surface area (Å²) in [6.45, 7) is 1.70. The van der Waals surface area contributed by atoms with Crippen LogP contribution >= 0.6 is 0 Å². The second kappa shape index (κ2) is 2.97. The Morgan fingerprint density at radius 2 is 2.15 bits per heavy atom. The maximum absolute atomic E-state index is 9.59.